The quantitative estimate of drug-likeness (QED) is 0.641. The molecule has 0 aliphatic carbocycles. The summed E-state index contributed by atoms with van der Waals surface area (Å²) >= 11 is 0. The summed E-state index contributed by atoms with van der Waals surface area (Å²) in [5, 5.41) is 11.1. The first-order chi connectivity index (χ1) is 11.4. The summed E-state index contributed by atoms with van der Waals surface area (Å²) in [6.07, 6.45) is -0.970. The molecule has 0 aliphatic heterocycles. The molecule has 1 N–H and O–H groups in total. The Hall–Kier alpha value is -2.73. The number of carbonyl (C=O) groups excluding carboxylic acids is 3. The molecule has 6 heteroatoms. The van der Waals surface area contributed by atoms with Gasteiger partial charge < -0.3 is 14.6 Å². The highest BCUT2D eigenvalue weighted by Gasteiger charge is 2.47. The Bertz CT molecular complexity index is 764. The highest BCUT2D eigenvalue weighted by molar-refractivity contribution is 5.91. The number of fused-ring (bicyclic) bond motifs is 1. The molecule has 0 aliphatic rings. The van der Waals surface area contributed by atoms with Crippen LogP contribution in [0.1, 0.15) is 19.4 Å². The van der Waals surface area contributed by atoms with Crippen LogP contribution in [0.15, 0.2) is 42.5 Å². The molecule has 126 valence electrons. The minimum atomic E-state index is -1.94. The average Bonchev–Trinajstić information content (AvgIpc) is 2.57. The van der Waals surface area contributed by atoms with Crippen molar-refractivity contribution in [3.63, 3.8) is 0 Å². The van der Waals surface area contributed by atoms with Crippen LogP contribution in [0.5, 0.6) is 0 Å². The van der Waals surface area contributed by atoms with E-state index < -0.39 is 30.3 Å². The zero-order valence-electron chi connectivity index (χ0n) is 13.4. The van der Waals surface area contributed by atoms with E-state index in [2.05, 4.69) is 0 Å². The molecule has 0 saturated carbocycles. The third kappa shape index (κ3) is 3.28. The molecule has 2 aromatic carbocycles. The molecule has 2 aromatic rings. The smallest absolute Gasteiger partial charge is 0.304 e. The van der Waals surface area contributed by atoms with Crippen molar-refractivity contribution in [2.45, 2.75) is 25.6 Å². The van der Waals surface area contributed by atoms with Crippen LogP contribution in [0.25, 0.3) is 10.8 Å². The molecular weight excluding hydrogens is 312 g/mol. The van der Waals surface area contributed by atoms with Crippen molar-refractivity contribution in [3.8, 4) is 0 Å². The summed E-state index contributed by atoms with van der Waals surface area (Å²) in [7, 11) is 0. The number of aldehydes is 1. The van der Waals surface area contributed by atoms with Crippen LogP contribution < -0.4 is 0 Å². The number of carbonyl (C=O) groups is 3. The molecule has 0 heterocycles. The maximum absolute atomic E-state index is 12.0. The molecule has 0 spiro atoms. The first-order valence-electron chi connectivity index (χ1n) is 7.37. The Labute approximate surface area is 139 Å². The van der Waals surface area contributed by atoms with Gasteiger partial charge in [0, 0.05) is 19.4 Å². The third-order valence-electron chi connectivity index (χ3n) is 3.65. The average molecular weight is 330 g/mol. The summed E-state index contributed by atoms with van der Waals surface area (Å²) in [5.41, 5.74) is -1.60. The van der Waals surface area contributed by atoms with E-state index in [0.717, 1.165) is 19.2 Å². The van der Waals surface area contributed by atoms with Crippen molar-refractivity contribution >= 4 is 29.0 Å². The van der Waals surface area contributed by atoms with Crippen LogP contribution in [-0.2, 0) is 29.5 Å². The Morgan fingerprint density at radius 2 is 1.79 bits per heavy atom. The summed E-state index contributed by atoms with van der Waals surface area (Å²) in [6.45, 7) is 1.61. The van der Waals surface area contributed by atoms with Crippen LogP contribution in [0.3, 0.4) is 0 Å². The lowest BCUT2D eigenvalue weighted by molar-refractivity contribution is -0.189. The van der Waals surface area contributed by atoms with Crippen LogP contribution >= 0.6 is 0 Å². The molecular formula is C18H18O6. The standard InChI is InChI=1S/C18H18O6/c1-12(21)23-17(10-19)18(11-20,24-13(2)22)16-9-5-7-14-6-3-4-8-15(14)16/h3-9,11,17,19H,10H2,1-2H3. The van der Waals surface area contributed by atoms with Gasteiger partial charge in [-0.1, -0.05) is 42.5 Å². The molecule has 2 atom stereocenters. The minimum absolute atomic E-state index is 0.339. The van der Waals surface area contributed by atoms with E-state index in [1.165, 1.54) is 0 Å². The van der Waals surface area contributed by atoms with Crippen molar-refractivity contribution < 1.29 is 29.0 Å². The SMILES string of the molecule is CC(=O)OC(CO)C(C=O)(OC(C)=O)c1cccc2ccccc12. The van der Waals surface area contributed by atoms with Gasteiger partial charge in [0.25, 0.3) is 0 Å². The summed E-state index contributed by atoms with van der Waals surface area (Å²) in [6, 6.07) is 12.3. The second kappa shape index (κ2) is 7.23. The zero-order valence-corrected chi connectivity index (χ0v) is 13.4. The highest BCUT2D eigenvalue weighted by Crippen LogP contribution is 2.35. The van der Waals surface area contributed by atoms with E-state index in [-0.39, 0.29) is 0 Å². The van der Waals surface area contributed by atoms with Crippen LogP contribution in [0.4, 0.5) is 0 Å². The van der Waals surface area contributed by atoms with E-state index >= 15 is 0 Å². The number of rotatable bonds is 6. The molecule has 0 fully saturated rings. The lowest BCUT2D eigenvalue weighted by Gasteiger charge is -2.34. The van der Waals surface area contributed by atoms with Gasteiger partial charge in [-0.2, -0.15) is 0 Å². The Morgan fingerprint density at radius 1 is 1.12 bits per heavy atom. The highest BCUT2D eigenvalue weighted by atomic mass is 16.6. The molecule has 24 heavy (non-hydrogen) atoms. The van der Waals surface area contributed by atoms with Gasteiger partial charge in [0.05, 0.1) is 6.61 Å². The number of ether oxygens (including phenoxy) is 2. The van der Waals surface area contributed by atoms with Gasteiger partial charge in [-0.25, -0.2) is 0 Å². The number of benzene rings is 2. The minimum Gasteiger partial charge on any atom is -0.455 e. The van der Waals surface area contributed by atoms with Crippen molar-refractivity contribution in [2.75, 3.05) is 6.61 Å². The number of aliphatic hydroxyl groups is 1. The molecule has 0 radical (unpaired) electrons. The Balaban J connectivity index is 2.74. The maximum atomic E-state index is 12.0. The fourth-order valence-electron chi connectivity index (χ4n) is 2.72. The monoisotopic (exact) mass is 330 g/mol. The predicted molar refractivity (Wildman–Crippen MR) is 86.1 cm³/mol. The van der Waals surface area contributed by atoms with Crippen LogP contribution in [-0.4, -0.2) is 36.0 Å². The summed E-state index contributed by atoms with van der Waals surface area (Å²) in [4.78, 5) is 35.0. The lowest BCUT2D eigenvalue weighted by atomic mass is 9.85. The maximum Gasteiger partial charge on any atom is 0.304 e. The van der Waals surface area contributed by atoms with Gasteiger partial charge in [0.15, 0.2) is 12.4 Å². The van der Waals surface area contributed by atoms with E-state index in [1.54, 1.807) is 24.3 Å². The molecule has 6 nitrogen and oxygen atoms in total. The molecule has 0 bridgehead atoms. The first-order valence-corrected chi connectivity index (χ1v) is 7.37. The first kappa shape index (κ1) is 17.6. The predicted octanol–water partition coefficient (Wildman–Crippen LogP) is 1.72. The van der Waals surface area contributed by atoms with Crippen molar-refractivity contribution in [3.05, 3.63) is 48.0 Å². The van der Waals surface area contributed by atoms with Gasteiger partial charge in [-0.05, 0) is 10.8 Å². The Kier molecular flexibility index (Phi) is 5.31. The second-order valence-corrected chi connectivity index (χ2v) is 5.31. The van der Waals surface area contributed by atoms with Crippen molar-refractivity contribution in [2.24, 2.45) is 0 Å². The summed E-state index contributed by atoms with van der Waals surface area (Å²) < 4.78 is 10.4. The van der Waals surface area contributed by atoms with E-state index in [4.69, 9.17) is 9.47 Å². The number of aliphatic hydroxyl groups excluding tert-OH is 1. The van der Waals surface area contributed by atoms with Crippen LogP contribution in [0.2, 0.25) is 0 Å². The second-order valence-electron chi connectivity index (χ2n) is 5.31. The molecule has 0 saturated heterocycles. The molecule has 2 rings (SSSR count). The van der Waals surface area contributed by atoms with Gasteiger partial charge in [0.1, 0.15) is 0 Å². The topological polar surface area (TPSA) is 89.9 Å². The molecule has 2 unspecified atom stereocenters. The van der Waals surface area contributed by atoms with Crippen molar-refractivity contribution in [1.29, 1.82) is 0 Å². The van der Waals surface area contributed by atoms with Crippen LogP contribution in [0, 0.1) is 0 Å². The third-order valence-corrected chi connectivity index (χ3v) is 3.65. The van der Waals surface area contributed by atoms with E-state index in [1.807, 2.05) is 18.2 Å². The molecule has 0 amide bonds. The van der Waals surface area contributed by atoms with E-state index in [9.17, 15) is 19.5 Å². The Morgan fingerprint density at radius 3 is 2.38 bits per heavy atom. The number of hydrogen-bond acceptors (Lipinski definition) is 6. The zero-order chi connectivity index (χ0) is 17.7. The van der Waals surface area contributed by atoms with Gasteiger partial charge in [-0.15, -0.1) is 0 Å². The van der Waals surface area contributed by atoms with Gasteiger partial charge in [-0.3, -0.25) is 14.4 Å². The summed E-state index contributed by atoms with van der Waals surface area (Å²) in [5.74, 6) is -1.44. The number of hydrogen-bond donors (Lipinski definition) is 1. The normalized spacial score (nSPS) is 14.5. The van der Waals surface area contributed by atoms with Crippen molar-refractivity contribution in [1.82, 2.24) is 0 Å². The number of esters is 2. The fraction of sp³-hybridized carbons (Fsp3) is 0.278. The van der Waals surface area contributed by atoms with Gasteiger partial charge in [0.2, 0.25) is 5.60 Å². The molecule has 0 aromatic heterocycles. The largest absolute Gasteiger partial charge is 0.455 e. The lowest BCUT2D eigenvalue weighted by Crippen LogP contribution is -2.49. The fourth-order valence-corrected chi connectivity index (χ4v) is 2.72. The van der Waals surface area contributed by atoms with Gasteiger partial charge >= 0.3 is 11.9 Å². The van der Waals surface area contributed by atoms with E-state index in [0.29, 0.717) is 17.2 Å².